The van der Waals surface area contributed by atoms with Crippen molar-refractivity contribution in [2.24, 2.45) is 11.8 Å². The minimum Gasteiger partial charge on any atom is -0.477 e. The van der Waals surface area contributed by atoms with Crippen LogP contribution >= 0.6 is 22.6 Å². The Kier molecular flexibility index (Phi) is 5.03. The molecule has 17 heavy (non-hydrogen) atoms. The van der Waals surface area contributed by atoms with Crippen LogP contribution in [-0.4, -0.2) is 23.3 Å². The highest BCUT2D eigenvalue weighted by Crippen LogP contribution is 2.29. The molecule has 0 saturated heterocycles. The first-order valence-electron chi connectivity index (χ1n) is 6.13. The van der Waals surface area contributed by atoms with Gasteiger partial charge in [0.15, 0.2) is 0 Å². The lowest BCUT2D eigenvalue weighted by atomic mass is 10.4. The molecule has 2 aliphatic rings. The topological polar surface area (TPSA) is 42.4 Å². The number of hydrogen-bond acceptors (Lipinski definition) is 3. The van der Waals surface area contributed by atoms with Gasteiger partial charge in [-0.1, -0.05) is 0 Å². The zero-order valence-electron chi connectivity index (χ0n) is 9.81. The Morgan fingerprint density at radius 1 is 1.29 bits per heavy atom. The standard InChI is InChI=1S/C9H10INO.C4H8O/c10-8-2-1-5-11-9(8)12-6-7-3-4-7;5-3-4-1-2-4/h1-2,5,7H,3-4,6H2;4-5H,1-3H2. The number of halogens is 1. The van der Waals surface area contributed by atoms with Gasteiger partial charge in [0.2, 0.25) is 5.88 Å². The third-order valence-corrected chi connectivity index (χ3v) is 3.65. The molecule has 1 aromatic rings. The van der Waals surface area contributed by atoms with Crippen molar-refractivity contribution in [1.29, 1.82) is 0 Å². The van der Waals surface area contributed by atoms with Crippen LogP contribution in [0.15, 0.2) is 18.3 Å². The summed E-state index contributed by atoms with van der Waals surface area (Å²) in [6.45, 7) is 1.26. The fourth-order valence-corrected chi connectivity index (χ4v) is 1.76. The van der Waals surface area contributed by atoms with Crippen molar-refractivity contribution in [1.82, 2.24) is 4.98 Å². The highest BCUT2D eigenvalue weighted by molar-refractivity contribution is 14.1. The van der Waals surface area contributed by atoms with E-state index in [-0.39, 0.29) is 0 Å². The Hall–Kier alpha value is -0.360. The first-order valence-corrected chi connectivity index (χ1v) is 7.21. The van der Waals surface area contributed by atoms with Crippen molar-refractivity contribution in [2.45, 2.75) is 25.7 Å². The van der Waals surface area contributed by atoms with Gasteiger partial charge in [-0.05, 0) is 72.2 Å². The number of rotatable bonds is 4. The molecule has 0 aliphatic heterocycles. The van der Waals surface area contributed by atoms with E-state index in [1.54, 1.807) is 6.20 Å². The maximum Gasteiger partial charge on any atom is 0.227 e. The average molecular weight is 347 g/mol. The van der Waals surface area contributed by atoms with Crippen molar-refractivity contribution in [3.05, 3.63) is 21.9 Å². The number of pyridine rings is 1. The molecule has 2 fully saturated rings. The summed E-state index contributed by atoms with van der Waals surface area (Å²) in [5.41, 5.74) is 0. The average Bonchev–Trinajstić information content (AvgIpc) is 3.21. The Balaban J connectivity index is 0.000000181. The second-order valence-electron chi connectivity index (χ2n) is 4.67. The van der Waals surface area contributed by atoms with Crippen molar-refractivity contribution >= 4 is 22.6 Å². The molecule has 0 unspecified atom stereocenters. The third kappa shape index (κ3) is 5.21. The number of ether oxygens (including phenoxy) is 1. The second-order valence-corrected chi connectivity index (χ2v) is 5.83. The largest absolute Gasteiger partial charge is 0.477 e. The molecule has 4 heteroatoms. The maximum absolute atomic E-state index is 8.21. The van der Waals surface area contributed by atoms with Crippen LogP contribution in [0.5, 0.6) is 5.88 Å². The molecule has 1 N–H and O–H groups in total. The first-order chi connectivity index (χ1) is 8.29. The Morgan fingerprint density at radius 2 is 2.00 bits per heavy atom. The van der Waals surface area contributed by atoms with Gasteiger partial charge >= 0.3 is 0 Å². The highest BCUT2D eigenvalue weighted by atomic mass is 127. The van der Waals surface area contributed by atoms with Crippen LogP contribution in [0, 0.1) is 15.4 Å². The second kappa shape index (κ2) is 6.54. The van der Waals surface area contributed by atoms with E-state index >= 15 is 0 Å². The van der Waals surface area contributed by atoms with E-state index in [4.69, 9.17) is 9.84 Å². The number of nitrogens with zero attached hydrogens (tertiary/aromatic N) is 1. The zero-order chi connectivity index (χ0) is 12.1. The summed E-state index contributed by atoms with van der Waals surface area (Å²) in [5, 5.41) is 8.21. The SMILES string of the molecule is Ic1cccnc1OCC1CC1.OCC1CC1. The van der Waals surface area contributed by atoms with Crippen LogP contribution in [0.2, 0.25) is 0 Å². The Morgan fingerprint density at radius 3 is 2.47 bits per heavy atom. The summed E-state index contributed by atoms with van der Waals surface area (Å²) < 4.78 is 6.64. The van der Waals surface area contributed by atoms with Crippen molar-refractivity contribution < 1.29 is 9.84 Å². The summed E-state index contributed by atoms with van der Waals surface area (Å²) in [4.78, 5) is 4.15. The van der Waals surface area contributed by atoms with Gasteiger partial charge in [-0.15, -0.1) is 0 Å². The van der Waals surface area contributed by atoms with Crippen LogP contribution in [-0.2, 0) is 0 Å². The van der Waals surface area contributed by atoms with Crippen LogP contribution in [0.4, 0.5) is 0 Å². The molecule has 1 heterocycles. The number of aromatic nitrogens is 1. The number of aliphatic hydroxyl groups excluding tert-OH is 1. The normalized spacial score (nSPS) is 18.2. The fraction of sp³-hybridized carbons (Fsp3) is 0.615. The molecular formula is C13H18INO2. The highest BCUT2D eigenvalue weighted by Gasteiger charge is 2.22. The van der Waals surface area contributed by atoms with Gasteiger partial charge in [-0.2, -0.15) is 0 Å². The van der Waals surface area contributed by atoms with Gasteiger partial charge in [-0.3, -0.25) is 0 Å². The van der Waals surface area contributed by atoms with E-state index in [0.29, 0.717) is 12.5 Å². The molecule has 2 saturated carbocycles. The summed E-state index contributed by atoms with van der Waals surface area (Å²) in [6.07, 6.45) is 6.93. The van der Waals surface area contributed by atoms with Gasteiger partial charge in [0.05, 0.1) is 10.2 Å². The first kappa shape index (κ1) is 13.1. The molecular weight excluding hydrogens is 329 g/mol. The molecule has 3 rings (SSSR count). The quantitative estimate of drug-likeness (QED) is 0.852. The van der Waals surface area contributed by atoms with Crippen LogP contribution in [0.1, 0.15) is 25.7 Å². The molecule has 2 aliphatic carbocycles. The van der Waals surface area contributed by atoms with Crippen molar-refractivity contribution in [3.8, 4) is 5.88 Å². The Bertz CT molecular complexity index is 351. The van der Waals surface area contributed by atoms with E-state index in [2.05, 4.69) is 27.6 Å². The summed E-state index contributed by atoms with van der Waals surface area (Å²) in [7, 11) is 0. The number of hydrogen-bond donors (Lipinski definition) is 1. The van der Waals surface area contributed by atoms with Crippen LogP contribution in [0.25, 0.3) is 0 Å². The van der Waals surface area contributed by atoms with Gasteiger partial charge in [0.25, 0.3) is 0 Å². The van der Waals surface area contributed by atoms with Crippen LogP contribution < -0.4 is 4.74 Å². The van der Waals surface area contributed by atoms with Gasteiger partial charge in [-0.25, -0.2) is 4.98 Å². The zero-order valence-corrected chi connectivity index (χ0v) is 12.0. The lowest BCUT2D eigenvalue weighted by Gasteiger charge is -2.04. The molecule has 0 aromatic carbocycles. The molecule has 0 radical (unpaired) electrons. The van der Waals surface area contributed by atoms with Gasteiger partial charge < -0.3 is 9.84 Å². The Labute approximate surface area is 116 Å². The predicted octanol–water partition coefficient (Wildman–Crippen LogP) is 2.86. The minimum atomic E-state index is 0.417. The van der Waals surface area contributed by atoms with Crippen LogP contribution in [0.3, 0.4) is 0 Å². The fourth-order valence-electron chi connectivity index (χ4n) is 1.26. The third-order valence-electron chi connectivity index (χ3n) is 2.83. The van der Waals surface area contributed by atoms with E-state index < -0.39 is 0 Å². The molecule has 3 nitrogen and oxygen atoms in total. The molecule has 0 bridgehead atoms. The molecule has 0 amide bonds. The maximum atomic E-state index is 8.21. The van der Waals surface area contributed by atoms with Crippen molar-refractivity contribution in [3.63, 3.8) is 0 Å². The van der Waals surface area contributed by atoms with E-state index in [0.717, 1.165) is 22.0 Å². The summed E-state index contributed by atoms with van der Waals surface area (Å²) >= 11 is 2.24. The van der Waals surface area contributed by atoms with E-state index in [1.165, 1.54) is 25.7 Å². The van der Waals surface area contributed by atoms with Crippen molar-refractivity contribution in [2.75, 3.05) is 13.2 Å². The monoisotopic (exact) mass is 347 g/mol. The van der Waals surface area contributed by atoms with E-state index in [9.17, 15) is 0 Å². The lowest BCUT2D eigenvalue weighted by Crippen LogP contribution is -2.01. The molecule has 0 spiro atoms. The summed E-state index contributed by atoms with van der Waals surface area (Å²) in [6, 6.07) is 3.93. The lowest BCUT2D eigenvalue weighted by molar-refractivity contribution is 0.277. The molecule has 94 valence electrons. The number of aliphatic hydroxyl groups is 1. The van der Waals surface area contributed by atoms with E-state index in [1.807, 2.05) is 12.1 Å². The smallest absolute Gasteiger partial charge is 0.227 e. The molecule has 1 aromatic heterocycles. The van der Waals surface area contributed by atoms with Gasteiger partial charge in [0.1, 0.15) is 0 Å². The molecule has 0 atom stereocenters. The minimum absolute atomic E-state index is 0.417. The predicted molar refractivity (Wildman–Crippen MR) is 75.0 cm³/mol. The van der Waals surface area contributed by atoms with Gasteiger partial charge in [0, 0.05) is 12.8 Å². The summed E-state index contributed by atoms with van der Waals surface area (Å²) in [5.74, 6) is 2.27.